The van der Waals surface area contributed by atoms with Gasteiger partial charge in [0.2, 0.25) is 0 Å². The van der Waals surface area contributed by atoms with E-state index >= 15 is 0 Å². The lowest BCUT2D eigenvalue weighted by Gasteiger charge is -2.17. The van der Waals surface area contributed by atoms with Gasteiger partial charge in [0, 0.05) is 23.2 Å². The van der Waals surface area contributed by atoms with Crippen LogP contribution in [0.25, 0.3) is 10.9 Å². The first-order chi connectivity index (χ1) is 9.00. The number of hydrogen-bond acceptors (Lipinski definition) is 4. The molecule has 0 radical (unpaired) electrons. The van der Waals surface area contributed by atoms with Gasteiger partial charge in [-0.3, -0.25) is 9.59 Å². The quantitative estimate of drug-likeness (QED) is 0.638. The summed E-state index contributed by atoms with van der Waals surface area (Å²) in [4.78, 5) is 25.0. The Labute approximate surface area is 107 Å². The number of para-hydroxylation sites is 1. The molecule has 2 rings (SSSR count). The Morgan fingerprint density at radius 2 is 2.00 bits per heavy atom. The highest BCUT2D eigenvalue weighted by atomic mass is 16.4. The van der Waals surface area contributed by atoms with Crippen LogP contribution in [0.4, 0.5) is 0 Å². The van der Waals surface area contributed by atoms with E-state index in [-0.39, 0.29) is 5.43 Å². The summed E-state index contributed by atoms with van der Waals surface area (Å²) in [5, 5.41) is 28.6. The Kier molecular flexibility index (Phi) is 3.64. The molecule has 0 amide bonds. The lowest BCUT2D eigenvalue weighted by Crippen LogP contribution is -2.22. The zero-order chi connectivity index (χ0) is 14.0. The number of aliphatic carboxylic acids is 1. The van der Waals surface area contributed by atoms with Crippen LogP contribution < -0.4 is 5.43 Å². The number of fused-ring (bicyclic) bond motifs is 1. The van der Waals surface area contributed by atoms with Gasteiger partial charge in [-0.05, 0) is 6.07 Å². The van der Waals surface area contributed by atoms with E-state index in [9.17, 15) is 19.8 Å². The summed E-state index contributed by atoms with van der Waals surface area (Å²) in [6.07, 6.45) is -1.95. The molecule has 6 heteroatoms. The SMILES string of the molecule is O=C(O)CC(O)C(O)c1cccc2c(=O)cc[nH]c12. The molecule has 0 saturated heterocycles. The van der Waals surface area contributed by atoms with E-state index in [1.807, 2.05) is 0 Å². The van der Waals surface area contributed by atoms with Gasteiger partial charge in [-0.2, -0.15) is 0 Å². The van der Waals surface area contributed by atoms with Crippen molar-refractivity contribution in [2.45, 2.75) is 18.6 Å². The summed E-state index contributed by atoms with van der Waals surface area (Å²) >= 11 is 0. The standard InChI is InChI=1S/C13H13NO5/c15-9-4-5-14-12-7(9)2-1-3-8(12)13(19)10(16)6-11(17)18/h1-5,10,13,16,19H,6H2,(H,14,15)(H,17,18). The fourth-order valence-corrected chi connectivity index (χ4v) is 1.97. The van der Waals surface area contributed by atoms with E-state index in [1.54, 1.807) is 12.1 Å². The number of H-pyrrole nitrogens is 1. The van der Waals surface area contributed by atoms with Crippen molar-refractivity contribution in [3.8, 4) is 0 Å². The number of carboxylic acids is 1. The molecule has 0 bridgehead atoms. The monoisotopic (exact) mass is 263 g/mol. The van der Waals surface area contributed by atoms with Crippen LogP contribution in [0.5, 0.6) is 0 Å². The van der Waals surface area contributed by atoms with Crippen molar-refractivity contribution >= 4 is 16.9 Å². The van der Waals surface area contributed by atoms with Crippen molar-refractivity contribution in [1.29, 1.82) is 0 Å². The first-order valence-electron chi connectivity index (χ1n) is 5.69. The van der Waals surface area contributed by atoms with E-state index in [0.717, 1.165) is 0 Å². The molecule has 0 spiro atoms. The second-order valence-electron chi connectivity index (χ2n) is 4.22. The molecule has 2 atom stereocenters. The molecule has 4 N–H and O–H groups in total. The summed E-state index contributed by atoms with van der Waals surface area (Å²) in [6.45, 7) is 0. The van der Waals surface area contributed by atoms with Crippen molar-refractivity contribution in [3.05, 3.63) is 46.2 Å². The molecule has 6 nitrogen and oxygen atoms in total. The molecule has 2 unspecified atom stereocenters. The van der Waals surface area contributed by atoms with Crippen molar-refractivity contribution < 1.29 is 20.1 Å². The van der Waals surface area contributed by atoms with Crippen LogP contribution in [0.3, 0.4) is 0 Å². The number of pyridine rings is 1. The predicted octanol–water partition coefficient (Wildman–Crippen LogP) is 0.397. The molecule has 100 valence electrons. The third-order valence-corrected chi connectivity index (χ3v) is 2.89. The van der Waals surface area contributed by atoms with Gasteiger partial charge in [-0.15, -0.1) is 0 Å². The number of rotatable bonds is 4. The molecule has 0 aliphatic heterocycles. The highest BCUT2D eigenvalue weighted by Gasteiger charge is 2.23. The van der Waals surface area contributed by atoms with Crippen molar-refractivity contribution in [3.63, 3.8) is 0 Å². The van der Waals surface area contributed by atoms with Crippen molar-refractivity contribution in [1.82, 2.24) is 4.98 Å². The van der Waals surface area contributed by atoms with E-state index < -0.39 is 24.6 Å². The Balaban J connectivity index is 2.48. The number of carbonyl (C=O) groups is 1. The second-order valence-corrected chi connectivity index (χ2v) is 4.22. The smallest absolute Gasteiger partial charge is 0.306 e. The number of hydrogen-bond donors (Lipinski definition) is 4. The first-order valence-corrected chi connectivity index (χ1v) is 5.69. The van der Waals surface area contributed by atoms with Gasteiger partial charge in [0.15, 0.2) is 5.43 Å². The summed E-state index contributed by atoms with van der Waals surface area (Å²) in [7, 11) is 0. The normalized spacial score (nSPS) is 14.2. The third kappa shape index (κ3) is 2.64. The van der Waals surface area contributed by atoms with Crippen LogP contribution in [0.15, 0.2) is 35.3 Å². The fraction of sp³-hybridized carbons (Fsp3) is 0.231. The van der Waals surface area contributed by atoms with Gasteiger partial charge >= 0.3 is 5.97 Å². The van der Waals surface area contributed by atoms with Gasteiger partial charge in [0.1, 0.15) is 6.10 Å². The van der Waals surface area contributed by atoms with E-state index in [1.165, 1.54) is 18.3 Å². The highest BCUT2D eigenvalue weighted by Crippen LogP contribution is 2.24. The van der Waals surface area contributed by atoms with Gasteiger partial charge in [-0.1, -0.05) is 12.1 Å². The summed E-state index contributed by atoms with van der Waals surface area (Å²) in [6, 6.07) is 6.05. The minimum atomic E-state index is -1.44. The summed E-state index contributed by atoms with van der Waals surface area (Å²) in [5.74, 6) is -1.21. The van der Waals surface area contributed by atoms with Crippen molar-refractivity contribution in [2.24, 2.45) is 0 Å². The molecule has 0 aliphatic carbocycles. The summed E-state index contributed by atoms with van der Waals surface area (Å²) < 4.78 is 0. The van der Waals surface area contributed by atoms with Crippen LogP contribution >= 0.6 is 0 Å². The van der Waals surface area contributed by atoms with Crippen LogP contribution in [0, 0.1) is 0 Å². The minimum Gasteiger partial charge on any atom is -0.481 e. The Morgan fingerprint density at radius 3 is 2.68 bits per heavy atom. The van der Waals surface area contributed by atoms with Crippen molar-refractivity contribution in [2.75, 3.05) is 0 Å². The second kappa shape index (κ2) is 5.21. The lowest BCUT2D eigenvalue weighted by atomic mass is 9.99. The van der Waals surface area contributed by atoms with Gasteiger partial charge in [-0.25, -0.2) is 0 Å². The molecular formula is C13H13NO5. The molecule has 0 fully saturated rings. The zero-order valence-electron chi connectivity index (χ0n) is 9.91. The zero-order valence-corrected chi connectivity index (χ0v) is 9.91. The molecule has 1 heterocycles. The number of benzene rings is 1. The topological polar surface area (TPSA) is 111 Å². The number of aromatic nitrogens is 1. The Morgan fingerprint density at radius 1 is 1.26 bits per heavy atom. The van der Waals surface area contributed by atoms with Crippen LogP contribution in [0.1, 0.15) is 18.1 Å². The largest absolute Gasteiger partial charge is 0.481 e. The van der Waals surface area contributed by atoms with E-state index in [0.29, 0.717) is 16.5 Å². The molecule has 1 aromatic carbocycles. The van der Waals surface area contributed by atoms with Crippen LogP contribution in [0.2, 0.25) is 0 Å². The molecule has 0 aliphatic rings. The van der Waals surface area contributed by atoms with E-state index in [4.69, 9.17) is 5.11 Å². The Hall–Kier alpha value is -2.18. The number of aromatic amines is 1. The minimum absolute atomic E-state index is 0.212. The van der Waals surface area contributed by atoms with E-state index in [2.05, 4.69) is 4.98 Å². The summed E-state index contributed by atoms with van der Waals surface area (Å²) in [5.41, 5.74) is 0.478. The number of aliphatic hydroxyl groups excluding tert-OH is 2. The van der Waals surface area contributed by atoms with Gasteiger partial charge in [0.05, 0.1) is 18.0 Å². The average Bonchev–Trinajstić information content (AvgIpc) is 2.37. The fourth-order valence-electron chi connectivity index (χ4n) is 1.97. The van der Waals surface area contributed by atoms with Crippen LogP contribution in [-0.4, -0.2) is 32.4 Å². The van der Waals surface area contributed by atoms with Gasteiger partial charge in [0.25, 0.3) is 0 Å². The maximum absolute atomic E-state index is 11.6. The number of nitrogens with one attached hydrogen (secondary N) is 1. The maximum atomic E-state index is 11.6. The average molecular weight is 263 g/mol. The highest BCUT2D eigenvalue weighted by molar-refractivity contribution is 5.81. The number of aliphatic hydroxyl groups is 2. The predicted molar refractivity (Wildman–Crippen MR) is 67.8 cm³/mol. The Bertz CT molecular complexity index is 663. The molecule has 2 aromatic rings. The molecular weight excluding hydrogens is 250 g/mol. The third-order valence-electron chi connectivity index (χ3n) is 2.89. The molecule has 19 heavy (non-hydrogen) atoms. The van der Waals surface area contributed by atoms with Crippen LogP contribution in [-0.2, 0) is 4.79 Å². The molecule has 1 aromatic heterocycles. The maximum Gasteiger partial charge on any atom is 0.306 e. The molecule has 0 saturated carbocycles. The first kappa shape index (κ1) is 13.3. The lowest BCUT2D eigenvalue weighted by molar-refractivity contribution is -0.141. The number of carboxylic acid groups (broad SMARTS) is 1. The van der Waals surface area contributed by atoms with Gasteiger partial charge < -0.3 is 20.3 Å².